The maximum atomic E-state index is 15.1. The number of nitrogens with zero attached hydrogens (tertiary/aromatic N) is 3. The van der Waals surface area contributed by atoms with E-state index in [1.54, 1.807) is 16.8 Å². The molecule has 2 heterocycles. The Hall–Kier alpha value is -3.95. The van der Waals surface area contributed by atoms with Crippen LogP contribution >= 0.6 is 0 Å². The van der Waals surface area contributed by atoms with E-state index in [9.17, 15) is 9.59 Å². The first-order valence-electron chi connectivity index (χ1n) is 10.9. The Morgan fingerprint density at radius 1 is 1.32 bits per heavy atom. The number of allylic oxidation sites excluding steroid dienone is 1. The van der Waals surface area contributed by atoms with Gasteiger partial charge >= 0.3 is 0 Å². The topological polar surface area (TPSA) is 142 Å². The van der Waals surface area contributed by atoms with Crippen LogP contribution in [0.4, 0.5) is 16.1 Å². The molecule has 5 N–H and O–H groups in total. The van der Waals surface area contributed by atoms with Gasteiger partial charge in [0.05, 0.1) is 17.7 Å². The average molecular weight is 467 g/mol. The minimum Gasteiger partial charge on any atom is -0.383 e. The molecule has 0 spiro atoms. The summed E-state index contributed by atoms with van der Waals surface area (Å²) in [5.41, 5.74) is 13.7. The van der Waals surface area contributed by atoms with Crippen molar-refractivity contribution in [2.75, 3.05) is 11.1 Å². The van der Waals surface area contributed by atoms with Gasteiger partial charge in [-0.05, 0) is 57.2 Å². The van der Waals surface area contributed by atoms with Crippen molar-refractivity contribution in [1.29, 1.82) is 0 Å². The van der Waals surface area contributed by atoms with Gasteiger partial charge in [0, 0.05) is 11.6 Å². The van der Waals surface area contributed by atoms with Crippen molar-refractivity contribution in [1.82, 2.24) is 14.9 Å². The molecule has 0 radical (unpaired) electrons. The van der Waals surface area contributed by atoms with Gasteiger partial charge in [0.2, 0.25) is 11.8 Å². The first kappa shape index (κ1) is 23.2. The number of nitrogens with one attached hydrogen (secondary N) is 1. The van der Waals surface area contributed by atoms with Gasteiger partial charge in [0.1, 0.15) is 22.9 Å². The van der Waals surface area contributed by atoms with E-state index in [-0.39, 0.29) is 46.4 Å². The number of halogens is 1. The molecule has 9 nitrogen and oxygen atoms in total. The van der Waals surface area contributed by atoms with Crippen LogP contribution in [0.1, 0.15) is 54.7 Å². The molecule has 2 amide bonds. The predicted molar refractivity (Wildman–Crippen MR) is 125 cm³/mol. The lowest BCUT2D eigenvalue weighted by atomic mass is 10.0. The molecule has 3 aromatic rings. The zero-order valence-electron chi connectivity index (χ0n) is 19.2. The van der Waals surface area contributed by atoms with Crippen molar-refractivity contribution in [2.24, 2.45) is 5.73 Å². The van der Waals surface area contributed by atoms with Gasteiger partial charge in [0.15, 0.2) is 0 Å². The molecule has 1 aliphatic rings. The van der Waals surface area contributed by atoms with Crippen LogP contribution in [0.25, 0.3) is 11.3 Å². The number of hydrogen-bond acceptors (Lipinski definition) is 6. The van der Waals surface area contributed by atoms with Crippen molar-refractivity contribution in [3.63, 3.8) is 0 Å². The molecule has 4 rings (SSSR count). The van der Waals surface area contributed by atoms with Crippen molar-refractivity contribution in [3.05, 3.63) is 59.1 Å². The summed E-state index contributed by atoms with van der Waals surface area (Å²) in [5, 5.41) is 10.9. The number of nitrogens with two attached hydrogens (primary N) is 2. The molecule has 0 bridgehead atoms. The van der Waals surface area contributed by atoms with Crippen LogP contribution in [0.5, 0.6) is 0 Å². The summed E-state index contributed by atoms with van der Waals surface area (Å²) >= 11 is 0. The molecule has 0 saturated heterocycles. The number of primary amides is 1. The van der Waals surface area contributed by atoms with Crippen LogP contribution in [-0.2, 0) is 23.2 Å². The molecule has 0 atom stereocenters. The number of rotatable bonds is 9. The molecule has 2 aromatic heterocycles. The van der Waals surface area contributed by atoms with Crippen LogP contribution in [0, 0.1) is 5.82 Å². The minimum absolute atomic E-state index is 0.00899. The summed E-state index contributed by atoms with van der Waals surface area (Å²) < 4.78 is 21.7. The second-order valence-corrected chi connectivity index (χ2v) is 9.06. The molecular weight excluding hydrogens is 439 g/mol. The van der Waals surface area contributed by atoms with E-state index in [1.807, 2.05) is 13.8 Å². The Bertz CT molecular complexity index is 1290. The summed E-state index contributed by atoms with van der Waals surface area (Å²) in [5.74, 6) is -1.46. The lowest BCUT2D eigenvalue weighted by Gasteiger charge is -2.10. The van der Waals surface area contributed by atoms with E-state index in [0.29, 0.717) is 17.7 Å². The van der Waals surface area contributed by atoms with Crippen LogP contribution in [0.15, 0.2) is 40.9 Å². The molecule has 1 saturated carbocycles. The van der Waals surface area contributed by atoms with Crippen LogP contribution in [0.3, 0.4) is 0 Å². The van der Waals surface area contributed by atoms with E-state index in [1.165, 1.54) is 12.1 Å². The average Bonchev–Trinajstić information content (AvgIpc) is 3.17. The highest BCUT2D eigenvalue weighted by Crippen LogP contribution is 2.45. The summed E-state index contributed by atoms with van der Waals surface area (Å²) in [6.07, 6.45) is 3.05. The predicted octanol–water partition coefficient (Wildman–Crippen LogP) is 3.56. The zero-order chi connectivity index (χ0) is 24.6. The van der Waals surface area contributed by atoms with Crippen molar-refractivity contribution in [2.45, 2.75) is 51.5 Å². The Morgan fingerprint density at radius 2 is 2.06 bits per heavy atom. The molecule has 34 heavy (non-hydrogen) atoms. The SMILES string of the molecule is C=C(C)CCc1cc(NC(=O)Cc2ccc(-c3nn(C4(C)CC4)c(N)c3C(N)=O)c(F)c2)on1. The number of aryl methyl sites for hydroxylation is 1. The van der Waals surface area contributed by atoms with Gasteiger partial charge < -0.3 is 16.0 Å². The number of carbonyl (C=O) groups is 2. The monoisotopic (exact) mass is 466 g/mol. The highest BCUT2D eigenvalue weighted by Gasteiger charge is 2.43. The molecule has 178 valence electrons. The molecule has 1 fully saturated rings. The van der Waals surface area contributed by atoms with E-state index < -0.39 is 11.7 Å². The molecule has 0 aliphatic heterocycles. The fourth-order valence-corrected chi connectivity index (χ4v) is 3.72. The number of benzene rings is 1. The Kier molecular flexibility index (Phi) is 5.99. The normalized spacial score (nSPS) is 14.1. The highest BCUT2D eigenvalue weighted by molar-refractivity contribution is 6.03. The second kappa shape index (κ2) is 8.77. The number of amides is 2. The number of aromatic nitrogens is 3. The Morgan fingerprint density at radius 3 is 2.68 bits per heavy atom. The van der Waals surface area contributed by atoms with Gasteiger partial charge in [0.25, 0.3) is 5.91 Å². The Labute approximate surface area is 196 Å². The van der Waals surface area contributed by atoms with E-state index in [4.69, 9.17) is 16.0 Å². The quantitative estimate of drug-likeness (QED) is 0.412. The first-order valence-corrected chi connectivity index (χ1v) is 10.9. The number of anilines is 2. The molecule has 0 unspecified atom stereocenters. The van der Waals surface area contributed by atoms with Crippen molar-refractivity contribution in [3.8, 4) is 11.3 Å². The van der Waals surface area contributed by atoms with Gasteiger partial charge in [-0.15, -0.1) is 6.58 Å². The van der Waals surface area contributed by atoms with Gasteiger partial charge in [-0.25, -0.2) is 9.07 Å². The largest absolute Gasteiger partial charge is 0.383 e. The van der Waals surface area contributed by atoms with Crippen molar-refractivity contribution >= 4 is 23.5 Å². The maximum Gasteiger partial charge on any atom is 0.254 e. The summed E-state index contributed by atoms with van der Waals surface area (Å²) in [4.78, 5) is 24.4. The third kappa shape index (κ3) is 4.70. The van der Waals surface area contributed by atoms with E-state index >= 15 is 4.39 Å². The smallest absolute Gasteiger partial charge is 0.254 e. The number of hydrogen-bond donors (Lipinski definition) is 3. The zero-order valence-corrected chi connectivity index (χ0v) is 19.2. The molecular formula is C24H27FN6O3. The first-order chi connectivity index (χ1) is 16.1. The van der Waals surface area contributed by atoms with Gasteiger partial charge in [-0.2, -0.15) is 5.10 Å². The Balaban J connectivity index is 1.49. The maximum absolute atomic E-state index is 15.1. The fourth-order valence-electron chi connectivity index (χ4n) is 3.72. The number of nitrogen functional groups attached to an aromatic ring is 1. The third-order valence-corrected chi connectivity index (χ3v) is 5.94. The minimum atomic E-state index is -0.777. The molecule has 1 aliphatic carbocycles. The standard InChI is InChI=1S/C24H27FN6O3/c1-13(2)4-6-15-12-19(34-30-15)28-18(32)11-14-5-7-16(17(25)10-14)21-20(23(27)33)22(26)31(29-21)24(3)8-9-24/h5,7,10,12H,1,4,6,8-9,11,26H2,2-3H3,(H2,27,33)(H,28,32). The second-order valence-electron chi connectivity index (χ2n) is 9.06. The number of carbonyl (C=O) groups excluding carboxylic acids is 2. The lowest BCUT2D eigenvalue weighted by Crippen LogP contribution is -2.19. The summed E-state index contributed by atoms with van der Waals surface area (Å²) in [6, 6.07) is 5.94. The third-order valence-electron chi connectivity index (χ3n) is 5.94. The summed E-state index contributed by atoms with van der Waals surface area (Å²) in [7, 11) is 0. The van der Waals surface area contributed by atoms with E-state index in [2.05, 4.69) is 22.2 Å². The highest BCUT2D eigenvalue weighted by atomic mass is 19.1. The van der Waals surface area contributed by atoms with Gasteiger partial charge in [-0.1, -0.05) is 16.8 Å². The molecule has 10 heteroatoms. The van der Waals surface area contributed by atoms with E-state index in [0.717, 1.165) is 24.8 Å². The summed E-state index contributed by atoms with van der Waals surface area (Å²) in [6.45, 7) is 7.73. The van der Waals surface area contributed by atoms with Crippen molar-refractivity contribution < 1.29 is 18.5 Å². The fraction of sp³-hybridized carbons (Fsp3) is 0.333. The lowest BCUT2D eigenvalue weighted by molar-refractivity contribution is -0.115. The molecule has 1 aromatic carbocycles. The van der Waals surface area contributed by atoms with Crippen LogP contribution in [-0.4, -0.2) is 26.8 Å². The van der Waals surface area contributed by atoms with Gasteiger partial charge in [-0.3, -0.25) is 14.9 Å². The van der Waals surface area contributed by atoms with Crippen LogP contribution < -0.4 is 16.8 Å². The van der Waals surface area contributed by atoms with Crippen LogP contribution in [0.2, 0.25) is 0 Å².